The molecule has 2 aliphatic rings. The van der Waals surface area contributed by atoms with Gasteiger partial charge in [-0.25, -0.2) is 0 Å². The Kier molecular flexibility index (Phi) is 6.05. The van der Waals surface area contributed by atoms with Crippen molar-refractivity contribution in [2.75, 3.05) is 31.1 Å². The third-order valence-corrected chi connectivity index (χ3v) is 5.99. The second-order valence-electron chi connectivity index (χ2n) is 7.89. The summed E-state index contributed by atoms with van der Waals surface area (Å²) in [7, 11) is 0. The number of pyridine rings is 1. The molecule has 4 heteroatoms. The zero-order valence-corrected chi connectivity index (χ0v) is 16.4. The molecule has 0 bridgehead atoms. The molecule has 0 N–H and O–H groups in total. The van der Waals surface area contributed by atoms with E-state index in [1.165, 1.54) is 36.9 Å². The Morgan fingerprint density at radius 3 is 2.59 bits per heavy atom. The quantitative estimate of drug-likeness (QED) is 0.772. The summed E-state index contributed by atoms with van der Waals surface area (Å²) in [6, 6.07) is 15.6. The summed E-state index contributed by atoms with van der Waals surface area (Å²) in [4.78, 5) is 9.75. The average molecular weight is 366 g/mol. The average Bonchev–Trinajstić information content (AvgIpc) is 3.22. The van der Waals surface area contributed by atoms with Crippen LogP contribution in [0.4, 0.5) is 5.69 Å². The van der Waals surface area contributed by atoms with Gasteiger partial charge in [0, 0.05) is 50.7 Å². The first-order valence-corrected chi connectivity index (χ1v) is 10.4. The topological polar surface area (TPSA) is 28.6 Å². The molecular formula is C23H31N3O. The fraction of sp³-hybridized carbons (Fsp3) is 0.522. The molecule has 1 unspecified atom stereocenters. The summed E-state index contributed by atoms with van der Waals surface area (Å²) < 4.78 is 5.95. The van der Waals surface area contributed by atoms with Gasteiger partial charge in [0.1, 0.15) is 0 Å². The maximum atomic E-state index is 5.95. The third kappa shape index (κ3) is 4.69. The second-order valence-corrected chi connectivity index (χ2v) is 7.89. The first-order chi connectivity index (χ1) is 13.3. The van der Waals surface area contributed by atoms with Crippen molar-refractivity contribution in [1.82, 2.24) is 9.88 Å². The number of nitrogens with zero attached hydrogens (tertiary/aromatic N) is 3. The van der Waals surface area contributed by atoms with Crippen LogP contribution in [0, 0.1) is 6.92 Å². The van der Waals surface area contributed by atoms with E-state index in [9.17, 15) is 0 Å². The smallest absolute Gasteiger partial charge is 0.0703 e. The van der Waals surface area contributed by atoms with Crippen LogP contribution >= 0.6 is 0 Å². The first kappa shape index (κ1) is 18.5. The highest BCUT2D eigenvalue weighted by Gasteiger charge is 2.28. The van der Waals surface area contributed by atoms with E-state index in [4.69, 9.17) is 4.74 Å². The molecule has 2 fully saturated rings. The molecule has 0 radical (unpaired) electrons. The van der Waals surface area contributed by atoms with Crippen molar-refractivity contribution in [2.24, 2.45) is 0 Å². The lowest BCUT2D eigenvalue weighted by Crippen LogP contribution is -2.47. The van der Waals surface area contributed by atoms with Gasteiger partial charge >= 0.3 is 0 Å². The minimum Gasteiger partial charge on any atom is -0.377 e. The maximum Gasteiger partial charge on any atom is 0.0703 e. The molecule has 0 aliphatic carbocycles. The van der Waals surface area contributed by atoms with E-state index < -0.39 is 0 Å². The van der Waals surface area contributed by atoms with Gasteiger partial charge < -0.3 is 9.64 Å². The molecule has 0 amide bonds. The van der Waals surface area contributed by atoms with Crippen LogP contribution in [0.2, 0.25) is 0 Å². The van der Waals surface area contributed by atoms with Crippen LogP contribution in [0.5, 0.6) is 0 Å². The molecule has 1 aromatic carbocycles. The standard InChI is InChI=1S/C23H31N3O/c1-19-7-2-3-10-23(19)25-14-11-21(12-15-25)26(18-22-9-6-16-27-22)17-20-8-4-5-13-24-20/h2-5,7-8,10,13,21-22H,6,9,11-12,14-18H2,1H3. The predicted molar refractivity (Wildman–Crippen MR) is 110 cm³/mol. The molecule has 2 saturated heterocycles. The van der Waals surface area contributed by atoms with Gasteiger partial charge in [-0.2, -0.15) is 0 Å². The lowest BCUT2D eigenvalue weighted by molar-refractivity contribution is 0.0471. The summed E-state index contributed by atoms with van der Waals surface area (Å²) in [5.74, 6) is 0. The molecule has 27 heavy (non-hydrogen) atoms. The molecule has 1 atom stereocenters. The van der Waals surface area contributed by atoms with Crippen LogP contribution in [0.25, 0.3) is 0 Å². The van der Waals surface area contributed by atoms with Crippen molar-refractivity contribution in [2.45, 2.75) is 51.3 Å². The molecule has 2 aliphatic heterocycles. The summed E-state index contributed by atoms with van der Waals surface area (Å²) in [6.45, 7) is 7.35. The van der Waals surface area contributed by atoms with Gasteiger partial charge in [0.25, 0.3) is 0 Å². The van der Waals surface area contributed by atoms with Crippen molar-refractivity contribution in [3.63, 3.8) is 0 Å². The number of ether oxygens (including phenoxy) is 1. The molecular weight excluding hydrogens is 334 g/mol. The fourth-order valence-corrected chi connectivity index (χ4v) is 4.48. The van der Waals surface area contributed by atoms with Crippen molar-refractivity contribution in [3.8, 4) is 0 Å². The van der Waals surface area contributed by atoms with Gasteiger partial charge in [-0.1, -0.05) is 24.3 Å². The number of aromatic nitrogens is 1. The van der Waals surface area contributed by atoms with E-state index in [1.807, 2.05) is 12.3 Å². The molecule has 0 spiro atoms. The zero-order valence-electron chi connectivity index (χ0n) is 16.4. The van der Waals surface area contributed by atoms with E-state index in [2.05, 4.69) is 58.1 Å². The van der Waals surface area contributed by atoms with E-state index in [0.717, 1.165) is 38.5 Å². The summed E-state index contributed by atoms with van der Waals surface area (Å²) in [5, 5.41) is 0. The largest absolute Gasteiger partial charge is 0.377 e. The number of benzene rings is 1. The summed E-state index contributed by atoms with van der Waals surface area (Å²) >= 11 is 0. The van der Waals surface area contributed by atoms with Gasteiger partial charge in [0.05, 0.1) is 11.8 Å². The number of para-hydroxylation sites is 1. The van der Waals surface area contributed by atoms with Crippen LogP contribution in [0.1, 0.15) is 36.9 Å². The van der Waals surface area contributed by atoms with Crippen molar-refractivity contribution < 1.29 is 4.74 Å². The lowest BCUT2D eigenvalue weighted by Gasteiger charge is -2.40. The monoisotopic (exact) mass is 365 g/mol. The Hall–Kier alpha value is -1.91. The van der Waals surface area contributed by atoms with Crippen molar-refractivity contribution >= 4 is 5.69 Å². The number of aryl methyl sites for hydroxylation is 1. The highest BCUT2D eigenvalue weighted by atomic mass is 16.5. The summed E-state index contributed by atoms with van der Waals surface area (Å²) in [5.41, 5.74) is 3.93. The SMILES string of the molecule is Cc1ccccc1N1CCC(N(Cc2ccccn2)CC2CCCO2)CC1. The van der Waals surface area contributed by atoms with E-state index in [0.29, 0.717) is 12.1 Å². The van der Waals surface area contributed by atoms with Gasteiger partial charge in [-0.3, -0.25) is 9.88 Å². The number of anilines is 1. The van der Waals surface area contributed by atoms with Gasteiger partial charge in [-0.15, -0.1) is 0 Å². The highest BCUT2D eigenvalue weighted by Crippen LogP contribution is 2.27. The summed E-state index contributed by atoms with van der Waals surface area (Å²) in [6.07, 6.45) is 7.10. The van der Waals surface area contributed by atoms with Crippen LogP contribution in [0.15, 0.2) is 48.7 Å². The molecule has 3 heterocycles. The zero-order chi connectivity index (χ0) is 18.5. The Morgan fingerprint density at radius 1 is 1.07 bits per heavy atom. The van der Waals surface area contributed by atoms with Crippen LogP contribution < -0.4 is 4.90 Å². The first-order valence-electron chi connectivity index (χ1n) is 10.4. The minimum absolute atomic E-state index is 0.392. The third-order valence-electron chi connectivity index (χ3n) is 5.99. The molecule has 4 nitrogen and oxygen atoms in total. The lowest BCUT2D eigenvalue weighted by atomic mass is 10.0. The highest BCUT2D eigenvalue weighted by molar-refractivity contribution is 5.53. The van der Waals surface area contributed by atoms with E-state index in [-0.39, 0.29) is 0 Å². The van der Waals surface area contributed by atoms with Gasteiger partial charge in [0.2, 0.25) is 0 Å². The minimum atomic E-state index is 0.392. The molecule has 1 aromatic heterocycles. The van der Waals surface area contributed by atoms with Gasteiger partial charge in [-0.05, 0) is 56.4 Å². The predicted octanol–water partition coefficient (Wildman–Crippen LogP) is 4.04. The van der Waals surface area contributed by atoms with E-state index >= 15 is 0 Å². The Bertz CT molecular complexity index is 707. The number of rotatable bonds is 6. The Balaban J connectivity index is 1.42. The van der Waals surface area contributed by atoms with Gasteiger partial charge in [0.15, 0.2) is 0 Å². The molecule has 2 aromatic rings. The number of hydrogen-bond acceptors (Lipinski definition) is 4. The molecule has 0 saturated carbocycles. The number of piperidine rings is 1. The van der Waals surface area contributed by atoms with Crippen LogP contribution in [-0.2, 0) is 11.3 Å². The normalized spacial score (nSPS) is 21.1. The Morgan fingerprint density at radius 2 is 1.89 bits per heavy atom. The maximum absolute atomic E-state index is 5.95. The molecule has 4 rings (SSSR count). The Labute approximate surface area is 163 Å². The van der Waals surface area contributed by atoms with Crippen LogP contribution in [-0.4, -0.2) is 48.3 Å². The van der Waals surface area contributed by atoms with E-state index in [1.54, 1.807) is 0 Å². The van der Waals surface area contributed by atoms with Crippen LogP contribution in [0.3, 0.4) is 0 Å². The van der Waals surface area contributed by atoms with Crippen molar-refractivity contribution in [1.29, 1.82) is 0 Å². The second kappa shape index (κ2) is 8.85. The fourth-order valence-electron chi connectivity index (χ4n) is 4.48. The number of hydrogen-bond donors (Lipinski definition) is 0. The molecule has 144 valence electrons. The van der Waals surface area contributed by atoms with Crippen molar-refractivity contribution in [3.05, 3.63) is 59.9 Å².